The van der Waals surface area contributed by atoms with E-state index in [4.69, 9.17) is 14.2 Å². The van der Waals surface area contributed by atoms with Crippen molar-refractivity contribution in [2.24, 2.45) is 17.8 Å². The molecule has 0 aromatic carbocycles. The fourth-order valence-electron chi connectivity index (χ4n) is 4.16. The fraction of sp³-hybridized carbons (Fsp3) is 0.720. The highest BCUT2D eigenvalue weighted by Crippen LogP contribution is 2.27. The highest BCUT2D eigenvalue weighted by molar-refractivity contribution is 5.91. The van der Waals surface area contributed by atoms with Gasteiger partial charge in [-0.2, -0.15) is 0 Å². The summed E-state index contributed by atoms with van der Waals surface area (Å²) in [7, 11) is 1.59. The van der Waals surface area contributed by atoms with E-state index in [1.54, 1.807) is 19.3 Å². The van der Waals surface area contributed by atoms with Crippen molar-refractivity contribution < 1.29 is 33.7 Å². The second-order valence-corrected chi connectivity index (χ2v) is 8.59. The van der Waals surface area contributed by atoms with Crippen molar-refractivity contribution in [2.45, 2.75) is 78.1 Å². The molecule has 0 radical (unpaired) electrons. The van der Waals surface area contributed by atoms with Gasteiger partial charge in [0.05, 0.1) is 25.2 Å². The van der Waals surface area contributed by atoms with E-state index < -0.39 is 24.3 Å². The van der Waals surface area contributed by atoms with Gasteiger partial charge in [-0.1, -0.05) is 31.6 Å². The molecule has 0 aromatic heterocycles. The zero-order valence-electron chi connectivity index (χ0n) is 20.1. The van der Waals surface area contributed by atoms with Crippen molar-refractivity contribution >= 4 is 18.0 Å². The molecule has 0 saturated carbocycles. The number of allylic oxidation sites excluding steroid dienone is 3. The molecule has 0 saturated heterocycles. The predicted octanol–water partition coefficient (Wildman–Crippen LogP) is 3.43. The zero-order valence-corrected chi connectivity index (χ0v) is 20.1. The molecule has 0 fully saturated rings. The summed E-state index contributed by atoms with van der Waals surface area (Å²) >= 11 is 0. The molecular formula is C25H40O7. The molecule has 182 valence electrons. The molecule has 1 N–H and O–H groups in total. The minimum absolute atomic E-state index is 0.0294. The second kappa shape index (κ2) is 15.1. The predicted molar refractivity (Wildman–Crippen MR) is 122 cm³/mol. The van der Waals surface area contributed by atoms with Crippen molar-refractivity contribution in [1.82, 2.24) is 0 Å². The SMILES string of the molecule is CCO[C@@H]1C[C@H](O)CC(=O)O[C@@H](CC)[C@@H](COC)/C=C(C)/C=C/C(=O)[C@H](C)C[C@@H]1CC=O. The smallest absolute Gasteiger partial charge is 0.308 e. The molecule has 7 heteroatoms. The van der Waals surface area contributed by atoms with Crippen LogP contribution in [-0.2, 0) is 28.6 Å². The molecule has 6 atom stereocenters. The number of aliphatic hydroxyl groups excluding tert-OH is 1. The Kier molecular flexibility index (Phi) is 13.3. The molecule has 0 aromatic rings. The Balaban J connectivity index is 3.28. The molecule has 0 amide bonds. The van der Waals surface area contributed by atoms with Crippen LogP contribution in [-0.4, -0.2) is 61.8 Å². The van der Waals surface area contributed by atoms with Gasteiger partial charge in [0.15, 0.2) is 5.78 Å². The van der Waals surface area contributed by atoms with Crippen LogP contribution < -0.4 is 0 Å². The molecule has 32 heavy (non-hydrogen) atoms. The summed E-state index contributed by atoms with van der Waals surface area (Å²) in [6, 6.07) is 0. The summed E-state index contributed by atoms with van der Waals surface area (Å²) in [4.78, 5) is 36.6. The average Bonchev–Trinajstić information content (AvgIpc) is 2.74. The molecule has 1 heterocycles. The summed E-state index contributed by atoms with van der Waals surface area (Å²) in [5.74, 6) is -1.22. The zero-order chi connectivity index (χ0) is 24.1. The molecule has 0 bridgehead atoms. The highest BCUT2D eigenvalue weighted by atomic mass is 16.5. The lowest BCUT2D eigenvalue weighted by molar-refractivity contribution is -0.155. The van der Waals surface area contributed by atoms with Gasteiger partial charge in [0.25, 0.3) is 0 Å². The minimum atomic E-state index is -0.970. The number of carbonyl (C=O) groups excluding carboxylic acids is 3. The molecule has 7 nitrogen and oxygen atoms in total. The van der Waals surface area contributed by atoms with E-state index in [1.165, 1.54) is 0 Å². The first-order valence-electron chi connectivity index (χ1n) is 11.6. The number of ether oxygens (including phenoxy) is 3. The van der Waals surface area contributed by atoms with Crippen LogP contribution in [0.15, 0.2) is 23.8 Å². The van der Waals surface area contributed by atoms with E-state index in [2.05, 4.69) is 0 Å². The lowest BCUT2D eigenvalue weighted by atomic mass is 9.84. The quantitative estimate of drug-likeness (QED) is 0.467. The number of hydrogen-bond donors (Lipinski definition) is 1. The first-order chi connectivity index (χ1) is 15.2. The van der Waals surface area contributed by atoms with Crippen LogP contribution >= 0.6 is 0 Å². The number of aliphatic hydroxyl groups is 1. The average molecular weight is 453 g/mol. The number of methoxy groups -OCH3 is 1. The van der Waals surface area contributed by atoms with Crippen LogP contribution in [0.2, 0.25) is 0 Å². The number of hydrogen-bond acceptors (Lipinski definition) is 7. The van der Waals surface area contributed by atoms with Gasteiger partial charge in [0.1, 0.15) is 12.4 Å². The van der Waals surface area contributed by atoms with Crippen LogP contribution in [0.3, 0.4) is 0 Å². The monoisotopic (exact) mass is 452 g/mol. The lowest BCUT2D eigenvalue weighted by Crippen LogP contribution is -2.34. The van der Waals surface area contributed by atoms with Gasteiger partial charge in [-0.3, -0.25) is 9.59 Å². The van der Waals surface area contributed by atoms with Gasteiger partial charge in [0.2, 0.25) is 0 Å². The molecule has 0 aliphatic carbocycles. The maximum Gasteiger partial charge on any atom is 0.308 e. The summed E-state index contributed by atoms with van der Waals surface area (Å²) in [5, 5.41) is 10.6. The third-order valence-corrected chi connectivity index (χ3v) is 5.86. The van der Waals surface area contributed by atoms with Crippen LogP contribution in [0.4, 0.5) is 0 Å². The summed E-state index contributed by atoms with van der Waals surface area (Å²) in [5.41, 5.74) is 0.867. The largest absolute Gasteiger partial charge is 0.462 e. The van der Waals surface area contributed by atoms with E-state index >= 15 is 0 Å². The van der Waals surface area contributed by atoms with Crippen molar-refractivity contribution in [3.8, 4) is 0 Å². The second-order valence-electron chi connectivity index (χ2n) is 8.59. The Bertz CT molecular complexity index is 655. The Morgan fingerprint density at radius 2 is 1.94 bits per heavy atom. The van der Waals surface area contributed by atoms with E-state index in [-0.39, 0.29) is 42.8 Å². The van der Waals surface area contributed by atoms with Gasteiger partial charge < -0.3 is 24.1 Å². The third-order valence-electron chi connectivity index (χ3n) is 5.86. The Hall–Kier alpha value is -1.83. The van der Waals surface area contributed by atoms with Gasteiger partial charge >= 0.3 is 5.97 Å². The number of cyclic esters (lactones) is 1. The maximum atomic E-state index is 12.7. The molecule has 0 unspecified atom stereocenters. The fourth-order valence-corrected chi connectivity index (χ4v) is 4.16. The Morgan fingerprint density at radius 1 is 1.22 bits per heavy atom. The van der Waals surface area contributed by atoms with E-state index in [0.29, 0.717) is 26.1 Å². The normalized spacial score (nSPS) is 33.8. The van der Waals surface area contributed by atoms with Gasteiger partial charge in [-0.05, 0) is 38.7 Å². The maximum absolute atomic E-state index is 12.7. The van der Waals surface area contributed by atoms with Gasteiger partial charge in [0, 0.05) is 38.4 Å². The molecule has 1 rings (SSSR count). The van der Waals surface area contributed by atoms with Crippen molar-refractivity contribution in [3.63, 3.8) is 0 Å². The van der Waals surface area contributed by atoms with Gasteiger partial charge in [-0.25, -0.2) is 0 Å². The number of rotatable bonds is 7. The van der Waals surface area contributed by atoms with Crippen LogP contribution in [0.25, 0.3) is 0 Å². The summed E-state index contributed by atoms with van der Waals surface area (Å²) < 4.78 is 16.8. The lowest BCUT2D eigenvalue weighted by Gasteiger charge is -2.29. The Labute approximate surface area is 192 Å². The van der Waals surface area contributed by atoms with E-state index in [9.17, 15) is 19.5 Å². The van der Waals surface area contributed by atoms with Crippen molar-refractivity contribution in [2.75, 3.05) is 20.3 Å². The molecular weight excluding hydrogens is 412 g/mol. The molecule has 1 aliphatic rings. The van der Waals surface area contributed by atoms with E-state index in [0.717, 1.165) is 11.9 Å². The minimum Gasteiger partial charge on any atom is -0.462 e. The van der Waals surface area contributed by atoms with Gasteiger partial charge in [-0.15, -0.1) is 0 Å². The topological polar surface area (TPSA) is 99.1 Å². The third kappa shape index (κ3) is 9.76. The number of carbonyl (C=O) groups is 3. The standard InChI is InChI=1S/C25H40O7/c1-6-23-20(16-30-5)12-17(3)8-9-22(28)18(4)13-19(10-11-26)24(31-7-2)14-21(27)15-25(29)32-23/h8-9,11-12,18-21,23-24,27H,6-7,10,13-16H2,1-5H3/b9-8+,17-12+/t18-,19+,20-,21+,23+,24-/m1/s1. The van der Waals surface area contributed by atoms with Crippen LogP contribution in [0.1, 0.15) is 59.8 Å². The van der Waals surface area contributed by atoms with E-state index in [1.807, 2.05) is 33.8 Å². The van der Waals surface area contributed by atoms with Crippen LogP contribution in [0, 0.1) is 17.8 Å². The van der Waals surface area contributed by atoms with Crippen LogP contribution in [0.5, 0.6) is 0 Å². The summed E-state index contributed by atoms with van der Waals surface area (Å²) in [6.45, 7) is 8.26. The number of esters is 1. The first kappa shape index (κ1) is 28.2. The summed E-state index contributed by atoms with van der Waals surface area (Å²) in [6.07, 6.45) is 5.55. The highest BCUT2D eigenvalue weighted by Gasteiger charge is 2.30. The first-order valence-corrected chi connectivity index (χ1v) is 11.6. The number of aldehydes is 1. The van der Waals surface area contributed by atoms with Crippen molar-refractivity contribution in [3.05, 3.63) is 23.8 Å². The Morgan fingerprint density at radius 3 is 2.53 bits per heavy atom. The molecule has 1 aliphatic heterocycles. The van der Waals surface area contributed by atoms with Crippen molar-refractivity contribution in [1.29, 1.82) is 0 Å². The number of ketones is 1. The molecule has 0 spiro atoms.